The van der Waals surface area contributed by atoms with Crippen LogP contribution in [-0.4, -0.2) is 35.0 Å². The summed E-state index contributed by atoms with van der Waals surface area (Å²) in [4.78, 5) is 13.5. The van der Waals surface area contributed by atoms with Crippen LogP contribution in [-0.2, 0) is 0 Å². The molecule has 1 aliphatic heterocycles. The molecule has 1 fully saturated rings. The van der Waals surface area contributed by atoms with Gasteiger partial charge in [0.25, 0.3) is 5.91 Å². The van der Waals surface area contributed by atoms with Crippen molar-refractivity contribution < 1.29 is 14.3 Å². The third-order valence-electron chi connectivity index (χ3n) is 2.70. The van der Waals surface area contributed by atoms with Gasteiger partial charge in [-0.15, -0.1) is 0 Å². The molecule has 1 amide bonds. The molecule has 5 heteroatoms. The number of carbonyl (C=O) groups excluding carboxylic acids is 1. The molecule has 4 nitrogen and oxygen atoms in total. The van der Waals surface area contributed by atoms with E-state index in [-0.39, 0.29) is 23.3 Å². The molecule has 0 saturated carbocycles. The van der Waals surface area contributed by atoms with Crippen molar-refractivity contribution in [1.29, 1.82) is 0 Å². The van der Waals surface area contributed by atoms with Crippen molar-refractivity contribution in [3.05, 3.63) is 29.6 Å². The Balaban J connectivity index is 2.21. The van der Waals surface area contributed by atoms with E-state index in [1.54, 1.807) is 4.90 Å². The fraction of sp³-hybridized carbons (Fsp3) is 0.364. The summed E-state index contributed by atoms with van der Waals surface area (Å²) >= 11 is 0. The zero-order valence-corrected chi connectivity index (χ0v) is 8.69. The number of rotatable bonds is 1. The predicted molar refractivity (Wildman–Crippen MR) is 56.6 cm³/mol. The molecular formula is C11H13FN2O2. The molecule has 1 aliphatic rings. The molecule has 86 valence electrons. The van der Waals surface area contributed by atoms with Crippen LogP contribution in [0.25, 0.3) is 0 Å². The first-order valence-corrected chi connectivity index (χ1v) is 5.11. The molecule has 0 aromatic heterocycles. The van der Waals surface area contributed by atoms with Gasteiger partial charge in [0.1, 0.15) is 11.6 Å². The average molecular weight is 224 g/mol. The van der Waals surface area contributed by atoms with Crippen LogP contribution in [0.4, 0.5) is 4.39 Å². The van der Waals surface area contributed by atoms with E-state index < -0.39 is 5.82 Å². The topological polar surface area (TPSA) is 66.6 Å². The third-order valence-corrected chi connectivity index (χ3v) is 2.70. The Morgan fingerprint density at radius 2 is 2.31 bits per heavy atom. The van der Waals surface area contributed by atoms with Crippen LogP contribution in [0, 0.1) is 5.82 Å². The maximum atomic E-state index is 12.7. The van der Waals surface area contributed by atoms with Crippen LogP contribution in [0.5, 0.6) is 5.75 Å². The molecule has 0 radical (unpaired) electrons. The highest BCUT2D eigenvalue weighted by Crippen LogP contribution is 2.21. The van der Waals surface area contributed by atoms with Crippen molar-refractivity contribution in [2.75, 3.05) is 13.1 Å². The number of likely N-dealkylation sites (tertiary alicyclic amines) is 1. The van der Waals surface area contributed by atoms with Crippen molar-refractivity contribution in [3.8, 4) is 5.75 Å². The monoisotopic (exact) mass is 224 g/mol. The lowest BCUT2D eigenvalue weighted by Crippen LogP contribution is -2.31. The van der Waals surface area contributed by atoms with E-state index in [0.29, 0.717) is 13.1 Å². The molecule has 1 aromatic carbocycles. The van der Waals surface area contributed by atoms with Crippen molar-refractivity contribution >= 4 is 5.91 Å². The zero-order chi connectivity index (χ0) is 11.7. The Hall–Kier alpha value is -1.62. The number of phenolic OH excluding ortho intramolecular Hbond substituents is 1. The summed E-state index contributed by atoms with van der Waals surface area (Å²) in [6.07, 6.45) is 0.758. The van der Waals surface area contributed by atoms with Gasteiger partial charge in [-0.1, -0.05) is 0 Å². The molecule has 3 N–H and O–H groups in total. The molecular weight excluding hydrogens is 211 g/mol. The summed E-state index contributed by atoms with van der Waals surface area (Å²) in [7, 11) is 0. The molecule has 16 heavy (non-hydrogen) atoms. The van der Waals surface area contributed by atoms with Gasteiger partial charge in [0.15, 0.2) is 0 Å². The van der Waals surface area contributed by atoms with E-state index in [1.807, 2.05) is 0 Å². The molecule has 0 spiro atoms. The van der Waals surface area contributed by atoms with E-state index in [2.05, 4.69) is 0 Å². The van der Waals surface area contributed by atoms with Crippen molar-refractivity contribution in [2.45, 2.75) is 12.5 Å². The molecule has 1 aromatic rings. The Labute approximate surface area is 92.5 Å². The van der Waals surface area contributed by atoms with E-state index in [9.17, 15) is 14.3 Å². The fourth-order valence-electron chi connectivity index (χ4n) is 1.83. The van der Waals surface area contributed by atoms with Crippen LogP contribution < -0.4 is 5.73 Å². The normalized spacial score (nSPS) is 20.1. The van der Waals surface area contributed by atoms with Crippen LogP contribution in [0.2, 0.25) is 0 Å². The fourth-order valence-corrected chi connectivity index (χ4v) is 1.83. The molecule has 2 rings (SSSR count). The molecule has 1 atom stereocenters. The summed E-state index contributed by atoms with van der Waals surface area (Å²) in [5, 5.41) is 9.47. The number of nitrogens with zero attached hydrogens (tertiary/aromatic N) is 1. The standard InChI is InChI=1S/C11H13FN2O2/c12-7-1-2-9(10(15)5-7)11(16)14-4-3-8(13)6-14/h1-2,5,8,15H,3-4,6,13H2/t8-/m0/s1. The minimum absolute atomic E-state index is 0.00783. The minimum atomic E-state index is -0.563. The number of amides is 1. The average Bonchev–Trinajstić information content (AvgIpc) is 2.64. The van der Waals surface area contributed by atoms with Gasteiger partial charge < -0.3 is 15.7 Å². The lowest BCUT2D eigenvalue weighted by molar-refractivity contribution is 0.0788. The van der Waals surface area contributed by atoms with Gasteiger partial charge in [0.05, 0.1) is 5.56 Å². The van der Waals surface area contributed by atoms with Crippen LogP contribution in [0.3, 0.4) is 0 Å². The largest absolute Gasteiger partial charge is 0.507 e. The second-order valence-electron chi connectivity index (χ2n) is 3.96. The highest BCUT2D eigenvalue weighted by molar-refractivity contribution is 5.97. The van der Waals surface area contributed by atoms with Gasteiger partial charge in [-0.05, 0) is 18.6 Å². The van der Waals surface area contributed by atoms with Gasteiger partial charge >= 0.3 is 0 Å². The van der Waals surface area contributed by atoms with Crippen molar-refractivity contribution in [1.82, 2.24) is 4.90 Å². The van der Waals surface area contributed by atoms with Gasteiger partial charge in [0.2, 0.25) is 0 Å². The van der Waals surface area contributed by atoms with Gasteiger partial charge in [-0.3, -0.25) is 4.79 Å². The first kappa shape index (κ1) is 10.9. The Bertz CT molecular complexity index is 422. The van der Waals surface area contributed by atoms with E-state index in [1.165, 1.54) is 6.07 Å². The predicted octanol–water partition coefficient (Wildman–Crippen LogP) is 0.704. The first-order valence-electron chi connectivity index (χ1n) is 5.11. The zero-order valence-electron chi connectivity index (χ0n) is 8.69. The number of hydrogen-bond donors (Lipinski definition) is 2. The number of aromatic hydroxyl groups is 1. The van der Waals surface area contributed by atoms with Crippen LogP contribution in [0.15, 0.2) is 18.2 Å². The number of nitrogens with two attached hydrogens (primary N) is 1. The van der Waals surface area contributed by atoms with E-state index >= 15 is 0 Å². The number of hydrogen-bond acceptors (Lipinski definition) is 3. The van der Waals surface area contributed by atoms with Gasteiger partial charge in [-0.25, -0.2) is 4.39 Å². The molecule has 0 bridgehead atoms. The summed E-state index contributed by atoms with van der Waals surface area (Å²) < 4.78 is 12.7. The second kappa shape index (κ2) is 4.09. The lowest BCUT2D eigenvalue weighted by Gasteiger charge is -2.16. The summed E-state index contributed by atoms with van der Waals surface area (Å²) in [5.74, 6) is -1.19. The second-order valence-corrected chi connectivity index (χ2v) is 3.96. The lowest BCUT2D eigenvalue weighted by atomic mass is 10.1. The SMILES string of the molecule is N[C@H]1CCN(C(=O)c2ccc(F)cc2O)C1. The van der Waals surface area contributed by atoms with Crippen molar-refractivity contribution in [2.24, 2.45) is 5.73 Å². The number of phenols is 1. The maximum absolute atomic E-state index is 12.7. The highest BCUT2D eigenvalue weighted by Gasteiger charge is 2.26. The molecule has 0 unspecified atom stereocenters. The summed E-state index contributed by atoms with van der Waals surface area (Å²) in [5.41, 5.74) is 5.81. The van der Waals surface area contributed by atoms with Crippen LogP contribution >= 0.6 is 0 Å². The maximum Gasteiger partial charge on any atom is 0.257 e. The number of benzene rings is 1. The number of carbonyl (C=O) groups is 1. The molecule has 0 aliphatic carbocycles. The Kier molecular flexibility index (Phi) is 2.78. The number of halogens is 1. The van der Waals surface area contributed by atoms with E-state index in [0.717, 1.165) is 18.6 Å². The minimum Gasteiger partial charge on any atom is -0.507 e. The highest BCUT2D eigenvalue weighted by atomic mass is 19.1. The van der Waals surface area contributed by atoms with E-state index in [4.69, 9.17) is 5.73 Å². The molecule has 1 saturated heterocycles. The van der Waals surface area contributed by atoms with Gasteiger partial charge in [0, 0.05) is 25.2 Å². The third kappa shape index (κ3) is 1.99. The molecule has 1 heterocycles. The summed E-state index contributed by atoms with van der Waals surface area (Å²) in [6.45, 7) is 1.06. The van der Waals surface area contributed by atoms with Crippen LogP contribution in [0.1, 0.15) is 16.8 Å². The Morgan fingerprint density at radius 1 is 1.56 bits per heavy atom. The van der Waals surface area contributed by atoms with Crippen molar-refractivity contribution in [3.63, 3.8) is 0 Å². The summed E-state index contributed by atoms with van der Waals surface area (Å²) in [6, 6.07) is 3.37. The van der Waals surface area contributed by atoms with Gasteiger partial charge in [-0.2, -0.15) is 0 Å². The quantitative estimate of drug-likeness (QED) is 0.738. The first-order chi connectivity index (χ1) is 7.58. The Morgan fingerprint density at radius 3 is 2.88 bits per heavy atom. The smallest absolute Gasteiger partial charge is 0.257 e.